The van der Waals surface area contributed by atoms with Crippen LogP contribution in [0.4, 0.5) is 11.4 Å². The quantitative estimate of drug-likeness (QED) is 0.277. The van der Waals surface area contributed by atoms with Crippen molar-refractivity contribution in [2.75, 3.05) is 23.9 Å². The van der Waals surface area contributed by atoms with Crippen LogP contribution in [0.15, 0.2) is 41.8 Å². The molecule has 23 heavy (non-hydrogen) atoms. The van der Waals surface area contributed by atoms with Crippen LogP contribution in [0.1, 0.15) is 0 Å². The summed E-state index contributed by atoms with van der Waals surface area (Å²) in [6, 6.07) is 6.53. The zero-order valence-electron chi connectivity index (χ0n) is 12.2. The number of rotatable bonds is 3. The molecule has 2 aromatic rings. The minimum Gasteiger partial charge on any atom is -0.309 e. The second-order valence-corrected chi connectivity index (χ2v) is 5.21. The maximum atomic E-state index is 10.9. The van der Waals surface area contributed by atoms with Gasteiger partial charge in [0.05, 0.1) is 23.8 Å². The van der Waals surface area contributed by atoms with Crippen LogP contribution in [-0.4, -0.2) is 35.1 Å². The van der Waals surface area contributed by atoms with Crippen molar-refractivity contribution in [1.82, 2.24) is 9.97 Å². The van der Waals surface area contributed by atoms with Crippen molar-refractivity contribution in [3.8, 4) is 0 Å². The van der Waals surface area contributed by atoms with E-state index in [9.17, 15) is 10.1 Å². The summed E-state index contributed by atoms with van der Waals surface area (Å²) in [5, 5.41) is 14.2. The Balaban J connectivity index is 2.38. The Bertz CT molecular complexity index is 667. The van der Waals surface area contributed by atoms with E-state index >= 15 is 0 Å². The summed E-state index contributed by atoms with van der Waals surface area (Å²) in [7, 11) is 3.26. The van der Waals surface area contributed by atoms with E-state index in [1.54, 1.807) is 38.4 Å². The van der Waals surface area contributed by atoms with Gasteiger partial charge in [0.1, 0.15) is 15.4 Å². The Morgan fingerprint density at radius 2 is 1.48 bits per heavy atom. The maximum Gasteiger partial charge on any atom is 0.282 e. The third-order valence-electron chi connectivity index (χ3n) is 2.97. The van der Waals surface area contributed by atoms with Crippen LogP contribution in [0.25, 0.3) is 0 Å². The molecular formula is C13H12Cl2N6O2. The van der Waals surface area contributed by atoms with E-state index in [-0.39, 0.29) is 5.96 Å². The van der Waals surface area contributed by atoms with E-state index in [1.165, 1.54) is 22.2 Å². The van der Waals surface area contributed by atoms with Crippen molar-refractivity contribution in [1.29, 1.82) is 0 Å². The number of hydrazone groups is 1. The molecule has 0 amide bonds. The van der Waals surface area contributed by atoms with Gasteiger partial charge in [-0.15, -0.1) is 0 Å². The monoisotopic (exact) mass is 354 g/mol. The molecule has 120 valence electrons. The van der Waals surface area contributed by atoms with Crippen LogP contribution in [0.3, 0.4) is 0 Å². The van der Waals surface area contributed by atoms with Crippen molar-refractivity contribution in [2.45, 2.75) is 0 Å². The molecule has 0 N–H and O–H groups in total. The Labute approximate surface area is 142 Å². The first kappa shape index (κ1) is 16.9. The lowest BCUT2D eigenvalue weighted by Crippen LogP contribution is -2.41. The molecule has 10 heteroatoms. The van der Waals surface area contributed by atoms with Crippen LogP contribution in [0, 0.1) is 10.1 Å². The number of guanidine groups is 1. The van der Waals surface area contributed by atoms with Gasteiger partial charge in [-0.3, -0.25) is 0 Å². The standard InChI is InChI=1S/C13H12Cl2N6O2/c1-19(9-3-5-11(14)16-7-9)13(18-21(22)23)20(2)10-4-6-12(15)17-8-10/h3-8H,1-2H3. The first-order valence-corrected chi connectivity index (χ1v) is 7.07. The molecule has 0 saturated heterocycles. The van der Waals surface area contributed by atoms with E-state index in [4.69, 9.17) is 23.2 Å². The topological polar surface area (TPSA) is 87.8 Å². The van der Waals surface area contributed by atoms with E-state index in [0.29, 0.717) is 21.7 Å². The zero-order valence-corrected chi connectivity index (χ0v) is 13.7. The zero-order chi connectivity index (χ0) is 17.0. The van der Waals surface area contributed by atoms with Gasteiger partial charge in [-0.2, -0.15) is 0 Å². The predicted octanol–water partition coefficient (Wildman–Crippen LogP) is 2.90. The van der Waals surface area contributed by atoms with Crippen LogP contribution < -0.4 is 9.80 Å². The summed E-state index contributed by atoms with van der Waals surface area (Å²) in [6.07, 6.45) is 2.98. The number of halogens is 2. The van der Waals surface area contributed by atoms with E-state index in [1.807, 2.05) is 0 Å². The lowest BCUT2D eigenvalue weighted by molar-refractivity contribution is -0.485. The Kier molecular flexibility index (Phi) is 5.30. The summed E-state index contributed by atoms with van der Waals surface area (Å²) in [4.78, 5) is 21.8. The first-order chi connectivity index (χ1) is 10.9. The minimum absolute atomic E-state index is 0.0724. The van der Waals surface area contributed by atoms with Crippen LogP contribution >= 0.6 is 23.2 Å². The molecule has 0 atom stereocenters. The second-order valence-electron chi connectivity index (χ2n) is 4.43. The fourth-order valence-electron chi connectivity index (χ4n) is 1.80. The molecule has 0 saturated carbocycles. The van der Waals surface area contributed by atoms with Gasteiger partial charge >= 0.3 is 0 Å². The van der Waals surface area contributed by atoms with Crippen molar-refractivity contribution >= 4 is 40.5 Å². The summed E-state index contributed by atoms with van der Waals surface area (Å²) in [6.45, 7) is 0. The highest BCUT2D eigenvalue weighted by molar-refractivity contribution is 6.29. The molecule has 0 aliphatic heterocycles. The number of aromatic nitrogens is 2. The fourth-order valence-corrected chi connectivity index (χ4v) is 2.02. The highest BCUT2D eigenvalue weighted by atomic mass is 35.5. The van der Waals surface area contributed by atoms with Gasteiger partial charge in [0.25, 0.3) is 5.96 Å². The largest absolute Gasteiger partial charge is 0.309 e. The average molecular weight is 355 g/mol. The summed E-state index contributed by atoms with van der Waals surface area (Å²) < 4.78 is 0. The fraction of sp³-hybridized carbons (Fsp3) is 0.154. The van der Waals surface area contributed by atoms with Gasteiger partial charge in [-0.25, -0.2) is 20.1 Å². The lowest BCUT2D eigenvalue weighted by atomic mass is 10.3. The first-order valence-electron chi connectivity index (χ1n) is 6.32. The molecule has 0 aliphatic rings. The van der Waals surface area contributed by atoms with Crippen molar-refractivity contribution < 1.29 is 5.03 Å². The average Bonchev–Trinajstić information content (AvgIpc) is 2.52. The van der Waals surface area contributed by atoms with Crippen LogP contribution in [0.5, 0.6) is 0 Å². The van der Waals surface area contributed by atoms with Gasteiger partial charge in [0.2, 0.25) is 0 Å². The normalized spacial score (nSPS) is 10.1. The molecule has 0 radical (unpaired) electrons. The van der Waals surface area contributed by atoms with E-state index in [2.05, 4.69) is 15.1 Å². The number of hydrogen-bond acceptors (Lipinski definition) is 4. The predicted molar refractivity (Wildman–Crippen MR) is 89.7 cm³/mol. The molecule has 0 fully saturated rings. The summed E-state index contributed by atoms with van der Waals surface area (Å²) in [5.74, 6) is 0.0724. The Morgan fingerprint density at radius 3 is 1.78 bits per heavy atom. The molecule has 0 aliphatic carbocycles. The van der Waals surface area contributed by atoms with Gasteiger partial charge in [-0.1, -0.05) is 23.2 Å². The molecule has 8 nitrogen and oxygen atoms in total. The molecule has 2 rings (SSSR count). The Hall–Kier alpha value is -2.45. The molecule has 0 unspecified atom stereocenters. The second kappa shape index (κ2) is 7.21. The van der Waals surface area contributed by atoms with Gasteiger partial charge in [-0.05, 0) is 24.3 Å². The van der Waals surface area contributed by atoms with Crippen molar-refractivity contribution in [2.24, 2.45) is 5.10 Å². The molecule has 0 spiro atoms. The van der Waals surface area contributed by atoms with Crippen molar-refractivity contribution in [3.63, 3.8) is 0 Å². The van der Waals surface area contributed by atoms with Crippen molar-refractivity contribution in [3.05, 3.63) is 57.1 Å². The third kappa shape index (κ3) is 4.27. The van der Waals surface area contributed by atoms with Gasteiger partial charge in [0, 0.05) is 14.1 Å². The van der Waals surface area contributed by atoms with Crippen LogP contribution in [0.2, 0.25) is 10.3 Å². The summed E-state index contributed by atoms with van der Waals surface area (Å²) >= 11 is 11.5. The number of anilines is 2. The SMILES string of the molecule is CN(C(=N[N+](=O)[O-])N(C)c1ccc(Cl)nc1)c1ccc(Cl)nc1. The smallest absolute Gasteiger partial charge is 0.282 e. The number of hydrogen-bond donors (Lipinski definition) is 0. The van der Waals surface area contributed by atoms with Gasteiger partial charge < -0.3 is 9.80 Å². The molecule has 2 aromatic heterocycles. The number of nitro groups is 1. The van der Waals surface area contributed by atoms with Gasteiger partial charge in [0.15, 0.2) is 5.03 Å². The molecular weight excluding hydrogens is 343 g/mol. The highest BCUT2D eigenvalue weighted by Gasteiger charge is 2.20. The van der Waals surface area contributed by atoms with Crippen LogP contribution in [-0.2, 0) is 0 Å². The minimum atomic E-state index is -0.769. The summed E-state index contributed by atoms with van der Waals surface area (Å²) in [5.41, 5.74) is 1.17. The lowest BCUT2D eigenvalue weighted by Gasteiger charge is -2.26. The number of nitrogens with zero attached hydrogens (tertiary/aromatic N) is 6. The number of pyridine rings is 2. The molecule has 0 bridgehead atoms. The Morgan fingerprint density at radius 1 is 1.04 bits per heavy atom. The van der Waals surface area contributed by atoms with E-state index in [0.717, 1.165) is 0 Å². The highest BCUT2D eigenvalue weighted by Crippen LogP contribution is 2.19. The third-order valence-corrected chi connectivity index (χ3v) is 3.42. The molecule has 0 aromatic carbocycles. The van der Waals surface area contributed by atoms with E-state index < -0.39 is 5.03 Å². The maximum absolute atomic E-state index is 10.9. The molecule has 2 heterocycles.